The molecule has 18 heavy (non-hydrogen) atoms. The second kappa shape index (κ2) is 4.75. The minimum absolute atomic E-state index is 0.0891. The van der Waals surface area contributed by atoms with Crippen molar-refractivity contribution in [1.29, 1.82) is 5.26 Å². The van der Waals surface area contributed by atoms with E-state index in [2.05, 4.69) is 0 Å². The molecule has 1 aromatic carbocycles. The first kappa shape index (κ1) is 12.5. The van der Waals surface area contributed by atoms with Crippen LogP contribution in [0.25, 0.3) is 0 Å². The first-order chi connectivity index (χ1) is 8.52. The predicted molar refractivity (Wildman–Crippen MR) is 68.3 cm³/mol. The van der Waals surface area contributed by atoms with Gasteiger partial charge in [0.05, 0.1) is 18.2 Å². The summed E-state index contributed by atoms with van der Waals surface area (Å²) in [7, 11) is 0. The van der Waals surface area contributed by atoms with Crippen LogP contribution in [-0.4, -0.2) is 4.57 Å². The van der Waals surface area contributed by atoms with Gasteiger partial charge in [0, 0.05) is 16.1 Å². The lowest BCUT2D eigenvalue weighted by Gasteiger charge is -2.06. The molecule has 3 nitrogen and oxygen atoms in total. The molecular weight excluding hydrogens is 251 g/mol. The summed E-state index contributed by atoms with van der Waals surface area (Å²) in [5.74, 6) is -0.454. The van der Waals surface area contributed by atoms with Gasteiger partial charge >= 0.3 is 4.87 Å². The van der Waals surface area contributed by atoms with Crippen LogP contribution in [0.4, 0.5) is 4.39 Å². The Labute approximate surface area is 108 Å². The molecule has 0 saturated carbocycles. The maximum Gasteiger partial charge on any atom is 0.307 e. The Kier molecular flexibility index (Phi) is 3.30. The Morgan fingerprint density at radius 1 is 1.44 bits per heavy atom. The maximum absolute atomic E-state index is 13.7. The van der Waals surface area contributed by atoms with Crippen LogP contribution in [0, 0.1) is 31.0 Å². The normalized spacial score (nSPS) is 10.3. The van der Waals surface area contributed by atoms with Gasteiger partial charge in [-0.2, -0.15) is 5.26 Å². The molecule has 0 amide bonds. The van der Waals surface area contributed by atoms with E-state index in [0.29, 0.717) is 5.56 Å². The number of thiazole rings is 1. The van der Waals surface area contributed by atoms with E-state index in [1.807, 2.05) is 19.9 Å². The number of nitriles is 1. The zero-order valence-corrected chi connectivity index (χ0v) is 10.8. The van der Waals surface area contributed by atoms with Gasteiger partial charge in [-0.3, -0.25) is 9.36 Å². The maximum atomic E-state index is 13.7. The highest BCUT2D eigenvalue weighted by Crippen LogP contribution is 2.15. The standard InChI is InChI=1S/C13H11FN2OS/c1-8-9(2)18-13(17)16(8)7-11-4-3-10(6-15)5-12(11)14/h3-5H,7H2,1-2H3. The highest BCUT2D eigenvalue weighted by molar-refractivity contribution is 7.09. The van der Waals surface area contributed by atoms with Crippen LogP contribution < -0.4 is 4.87 Å². The zero-order valence-electron chi connectivity index (χ0n) is 10.0. The van der Waals surface area contributed by atoms with Crippen molar-refractivity contribution >= 4 is 11.3 Å². The number of nitrogens with zero attached hydrogens (tertiary/aromatic N) is 2. The average molecular weight is 262 g/mol. The van der Waals surface area contributed by atoms with Crippen molar-refractivity contribution in [3.05, 3.63) is 55.4 Å². The van der Waals surface area contributed by atoms with E-state index in [1.165, 1.54) is 6.07 Å². The fourth-order valence-electron chi connectivity index (χ4n) is 1.69. The van der Waals surface area contributed by atoms with Crippen LogP contribution in [0.15, 0.2) is 23.0 Å². The second-order valence-corrected chi connectivity index (χ2v) is 5.18. The first-order valence-corrected chi connectivity index (χ1v) is 6.20. The topological polar surface area (TPSA) is 45.8 Å². The molecule has 5 heteroatoms. The second-order valence-electron chi connectivity index (χ2n) is 4.01. The zero-order chi connectivity index (χ0) is 13.3. The van der Waals surface area contributed by atoms with E-state index in [4.69, 9.17) is 5.26 Å². The summed E-state index contributed by atoms with van der Waals surface area (Å²) in [4.78, 5) is 12.6. The van der Waals surface area contributed by atoms with Gasteiger partial charge in [-0.1, -0.05) is 17.4 Å². The third kappa shape index (κ3) is 2.20. The van der Waals surface area contributed by atoms with Gasteiger partial charge in [-0.15, -0.1) is 0 Å². The largest absolute Gasteiger partial charge is 0.307 e. The lowest BCUT2D eigenvalue weighted by atomic mass is 10.1. The molecule has 0 saturated heterocycles. The first-order valence-electron chi connectivity index (χ1n) is 5.38. The fourth-order valence-corrected chi connectivity index (χ4v) is 2.52. The molecule has 0 fully saturated rings. The summed E-state index contributed by atoms with van der Waals surface area (Å²) < 4.78 is 15.3. The summed E-state index contributed by atoms with van der Waals surface area (Å²) in [6, 6.07) is 6.17. The lowest BCUT2D eigenvalue weighted by molar-refractivity contribution is 0.595. The van der Waals surface area contributed by atoms with Crippen LogP contribution in [0.1, 0.15) is 21.7 Å². The van der Waals surface area contributed by atoms with Gasteiger partial charge in [-0.05, 0) is 26.0 Å². The molecule has 0 spiro atoms. The number of halogens is 1. The Balaban J connectivity index is 2.41. The number of rotatable bonds is 2. The third-order valence-corrected chi connectivity index (χ3v) is 3.88. The molecule has 0 N–H and O–H groups in total. The van der Waals surface area contributed by atoms with E-state index in [-0.39, 0.29) is 17.0 Å². The Morgan fingerprint density at radius 2 is 2.17 bits per heavy atom. The summed E-state index contributed by atoms with van der Waals surface area (Å²) in [6.07, 6.45) is 0. The van der Waals surface area contributed by atoms with E-state index in [0.717, 1.165) is 21.9 Å². The van der Waals surface area contributed by atoms with Crippen LogP contribution in [-0.2, 0) is 6.54 Å². The molecule has 0 bridgehead atoms. The third-order valence-electron chi connectivity index (χ3n) is 2.89. The van der Waals surface area contributed by atoms with Crippen molar-refractivity contribution < 1.29 is 4.39 Å². The molecule has 92 valence electrons. The lowest BCUT2D eigenvalue weighted by Crippen LogP contribution is -2.16. The van der Waals surface area contributed by atoms with Gasteiger partial charge in [0.2, 0.25) is 0 Å². The van der Waals surface area contributed by atoms with Crippen molar-refractivity contribution in [3.8, 4) is 6.07 Å². The van der Waals surface area contributed by atoms with Crippen molar-refractivity contribution in [2.24, 2.45) is 0 Å². The molecule has 0 aliphatic heterocycles. The smallest absolute Gasteiger partial charge is 0.299 e. The number of aryl methyl sites for hydroxylation is 1. The predicted octanol–water partition coefficient (Wildman–Crippen LogP) is 2.59. The van der Waals surface area contributed by atoms with Gasteiger partial charge in [0.1, 0.15) is 5.82 Å². The highest BCUT2D eigenvalue weighted by Gasteiger charge is 2.10. The molecule has 0 radical (unpaired) electrons. The van der Waals surface area contributed by atoms with Gasteiger partial charge in [0.25, 0.3) is 0 Å². The van der Waals surface area contributed by atoms with Gasteiger partial charge < -0.3 is 0 Å². The highest BCUT2D eigenvalue weighted by atomic mass is 32.1. The molecular formula is C13H11FN2OS. The quantitative estimate of drug-likeness (QED) is 0.835. The SMILES string of the molecule is Cc1sc(=O)n(Cc2ccc(C#N)cc2F)c1C. The van der Waals surface area contributed by atoms with Crippen LogP contribution in [0.3, 0.4) is 0 Å². The molecule has 1 heterocycles. The molecule has 0 aliphatic rings. The van der Waals surface area contributed by atoms with Crippen molar-refractivity contribution in [2.45, 2.75) is 20.4 Å². The number of hydrogen-bond donors (Lipinski definition) is 0. The summed E-state index contributed by atoms with van der Waals surface area (Å²) in [6.45, 7) is 3.91. The van der Waals surface area contributed by atoms with E-state index in [9.17, 15) is 9.18 Å². The molecule has 2 aromatic rings. The van der Waals surface area contributed by atoms with Crippen molar-refractivity contribution in [2.75, 3.05) is 0 Å². The van der Waals surface area contributed by atoms with Gasteiger partial charge in [-0.25, -0.2) is 4.39 Å². The fraction of sp³-hybridized carbons (Fsp3) is 0.231. The Morgan fingerprint density at radius 3 is 2.67 bits per heavy atom. The average Bonchev–Trinajstić information content (AvgIpc) is 2.58. The van der Waals surface area contributed by atoms with E-state index >= 15 is 0 Å². The number of aromatic nitrogens is 1. The van der Waals surface area contributed by atoms with E-state index in [1.54, 1.807) is 16.7 Å². The van der Waals surface area contributed by atoms with Crippen molar-refractivity contribution in [3.63, 3.8) is 0 Å². The van der Waals surface area contributed by atoms with Crippen LogP contribution in [0.2, 0.25) is 0 Å². The molecule has 1 aromatic heterocycles. The van der Waals surface area contributed by atoms with E-state index < -0.39 is 5.82 Å². The van der Waals surface area contributed by atoms with Crippen LogP contribution in [0.5, 0.6) is 0 Å². The minimum atomic E-state index is -0.454. The summed E-state index contributed by atoms with van der Waals surface area (Å²) >= 11 is 1.16. The molecule has 0 unspecified atom stereocenters. The molecule has 2 rings (SSSR count). The van der Waals surface area contributed by atoms with Crippen LogP contribution >= 0.6 is 11.3 Å². The van der Waals surface area contributed by atoms with Crippen molar-refractivity contribution in [1.82, 2.24) is 4.57 Å². The Hall–Kier alpha value is -1.93. The minimum Gasteiger partial charge on any atom is -0.299 e. The van der Waals surface area contributed by atoms with Gasteiger partial charge in [0.15, 0.2) is 0 Å². The number of benzene rings is 1. The number of hydrogen-bond acceptors (Lipinski definition) is 3. The summed E-state index contributed by atoms with van der Waals surface area (Å²) in [5, 5.41) is 8.66. The Bertz CT molecular complexity index is 694. The molecule has 0 atom stereocenters. The molecule has 0 aliphatic carbocycles. The summed E-state index contributed by atoms with van der Waals surface area (Å²) in [5.41, 5.74) is 1.55. The monoisotopic (exact) mass is 262 g/mol.